The van der Waals surface area contributed by atoms with Gasteiger partial charge in [-0.3, -0.25) is 0 Å². The van der Waals surface area contributed by atoms with Gasteiger partial charge in [-0.05, 0) is 55.1 Å². The van der Waals surface area contributed by atoms with E-state index in [0.717, 1.165) is 22.9 Å². The summed E-state index contributed by atoms with van der Waals surface area (Å²) in [5, 5.41) is -0.0478. The lowest BCUT2D eigenvalue weighted by molar-refractivity contribution is 0.417. The summed E-state index contributed by atoms with van der Waals surface area (Å²) in [5.74, 6) is -0.234. The summed E-state index contributed by atoms with van der Waals surface area (Å²) in [6, 6.07) is 3.86. The number of hydrogen-bond donors (Lipinski definition) is 0. The molecule has 1 aromatic heterocycles. The highest BCUT2D eigenvalue weighted by Crippen LogP contribution is 2.29. The molecule has 18 heavy (non-hydrogen) atoms. The van der Waals surface area contributed by atoms with Gasteiger partial charge in [-0.25, -0.2) is 4.98 Å². The van der Waals surface area contributed by atoms with Crippen LogP contribution in [0.25, 0.3) is 0 Å². The Balaban J connectivity index is 2.43. The lowest BCUT2D eigenvalue weighted by Crippen LogP contribution is -1.97. The number of rotatable bonds is 2. The number of aromatic nitrogens is 2. The van der Waals surface area contributed by atoms with Gasteiger partial charge < -0.3 is 4.74 Å². The molecule has 0 aliphatic heterocycles. The van der Waals surface area contributed by atoms with Crippen molar-refractivity contribution in [2.45, 2.75) is 20.8 Å². The summed E-state index contributed by atoms with van der Waals surface area (Å²) in [7, 11) is 0. The van der Waals surface area contributed by atoms with Gasteiger partial charge in [0.15, 0.2) is 0 Å². The molecule has 2 rings (SSSR count). The lowest BCUT2D eigenvalue weighted by atomic mass is 10.1. The molecular weight excluding hydrogens is 255 g/mol. The topological polar surface area (TPSA) is 35.0 Å². The first-order chi connectivity index (χ1) is 8.47. The molecule has 3 nitrogen and oxygen atoms in total. The maximum absolute atomic E-state index is 13.5. The molecule has 0 spiro atoms. The molecule has 94 valence electrons. The van der Waals surface area contributed by atoms with Gasteiger partial charge in [0.2, 0.25) is 11.1 Å². The highest BCUT2D eigenvalue weighted by molar-refractivity contribution is 6.28. The second-order valence-electron chi connectivity index (χ2n) is 4.10. The maximum Gasteiger partial charge on any atom is 0.260 e. The molecule has 0 saturated carbocycles. The van der Waals surface area contributed by atoms with E-state index in [1.165, 1.54) is 0 Å². The molecule has 0 aliphatic carbocycles. The maximum atomic E-state index is 13.5. The Labute approximate surface area is 110 Å². The minimum absolute atomic E-state index is 0.0478. The second-order valence-corrected chi connectivity index (χ2v) is 4.44. The first-order valence-electron chi connectivity index (χ1n) is 5.41. The molecular formula is C13H12ClFN2O. The molecule has 0 unspecified atom stereocenters. The van der Waals surface area contributed by atoms with Crippen LogP contribution in [0.5, 0.6) is 11.6 Å². The SMILES string of the molecule is Cc1cc(C)c(C)c(Oc2nc(Cl)ncc2F)c1. The van der Waals surface area contributed by atoms with Gasteiger partial charge in [-0.1, -0.05) is 6.07 Å². The monoisotopic (exact) mass is 266 g/mol. The van der Waals surface area contributed by atoms with Crippen LogP contribution in [0.2, 0.25) is 5.28 Å². The Morgan fingerprint density at radius 3 is 2.67 bits per heavy atom. The van der Waals surface area contributed by atoms with E-state index in [1.54, 1.807) is 0 Å². The van der Waals surface area contributed by atoms with Gasteiger partial charge in [0.25, 0.3) is 5.88 Å². The van der Waals surface area contributed by atoms with Gasteiger partial charge in [-0.2, -0.15) is 9.37 Å². The van der Waals surface area contributed by atoms with Crippen LogP contribution >= 0.6 is 11.6 Å². The van der Waals surface area contributed by atoms with Crippen molar-refractivity contribution in [2.75, 3.05) is 0 Å². The summed E-state index contributed by atoms with van der Waals surface area (Å²) in [4.78, 5) is 7.26. The van der Waals surface area contributed by atoms with E-state index < -0.39 is 5.82 Å². The molecule has 1 heterocycles. The van der Waals surface area contributed by atoms with Crippen molar-refractivity contribution in [3.63, 3.8) is 0 Å². The second kappa shape index (κ2) is 4.90. The van der Waals surface area contributed by atoms with Crippen molar-refractivity contribution in [1.82, 2.24) is 9.97 Å². The number of nitrogens with zero attached hydrogens (tertiary/aromatic N) is 2. The van der Waals surface area contributed by atoms with E-state index in [9.17, 15) is 4.39 Å². The Bertz CT molecular complexity index is 602. The smallest absolute Gasteiger partial charge is 0.260 e. The van der Waals surface area contributed by atoms with Crippen molar-refractivity contribution >= 4 is 11.6 Å². The van der Waals surface area contributed by atoms with Gasteiger partial charge in [0.05, 0.1) is 6.20 Å². The minimum atomic E-state index is -0.641. The third kappa shape index (κ3) is 2.59. The van der Waals surface area contributed by atoms with Gasteiger partial charge in [0, 0.05) is 0 Å². The number of aryl methyl sites for hydroxylation is 2. The van der Waals surface area contributed by atoms with Crippen molar-refractivity contribution in [3.05, 3.63) is 46.1 Å². The molecule has 0 radical (unpaired) electrons. The molecule has 0 saturated heterocycles. The minimum Gasteiger partial charge on any atom is -0.436 e. The predicted molar refractivity (Wildman–Crippen MR) is 67.7 cm³/mol. The van der Waals surface area contributed by atoms with Crippen LogP contribution in [0.1, 0.15) is 16.7 Å². The van der Waals surface area contributed by atoms with Crippen LogP contribution in [0.4, 0.5) is 4.39 Å². The first-order valence-corrected chi connectivity index (χ1v) is 5.79. The van der Waals surface area contributed by atoms with E-state index in [1.807, 2.05) is 32.9 Å². The van der Waals surface area contributed by atoms with Gasteiger partial charge >= 0.3 is 0 Å². The zero-order valence-electron chi connectivity index (χ0n) is 10.3. The highest BCUT2D eigenvalue weighted by Gasteiger charge is 2.11. The van der Waals surface area contributed by atoms with Crippen molar-refractivity contribution in [2.24, 2.45) is 0 Å². The molecule has 0 aliphatic rings. The predicted octanol–water partition coefficient (Wildman–Crippen LogP) is 3.99. The average molecular weight is 267 g/mol. The molecule has 2 aromatic rings. The van der Waals surface area contributed by atoms with Crippen molar-refractivity contribution in [1.29, 1.82) is 0 Å². The third-order valence-electron chi connectivity index (χ3n) is 2.65. The zero-order chi connectivity index (χ0) is 13.3. The van der Waals surface area contributed by atoms with Crippen LogP contribution in [0.3, 0.4) is 0 Å². The molecule has 0 amide bonds. The summed E-state index contributed by atoms with van der Waals surface area (Å²) in [5.41, 5.74) is 3.05. The number of ether oxygens (including phenoxy) is 1. The fourth-order valence-corrected chi connectivity index (χ4v) is 1.74. The largest absolute Gasteiger partial charge is 0.436 e. The number of benzene rings is 1. The van der Waals surface area contributed by atoms with Crippen molar-refractivity contribution in [3.8, 4) is 11.6 Å². The molecule has 1 aromatic carbocycles. The van der Waals surface area contributed by atoms with Crippen LogP contribution < -0.4 is 4.74 Å². The van der Waals surface area contributed by atoms with Gasteiger partial charge in [0.1, 0.15) is 5.75 Å². The third-order valence-corrected chi connectivity index (χ3v) is 2.84. The number of halogens is 2. The molecule has 0 bridgehead atoms. The average Bonchev–Trinajstić information content (AvgIpc) is 2.30. The number of hydrogen-bond acceptors (Lipinski definition) is 3. The standard InChI is InChI=1S/C13H12ClFN2O/c1-7-4-8(2)9(3)11(5-7)18-12-10(15)6-16-13(14)17-12/h4-6H,1-3H3. The zero-order valence-corrected chi connectivity index (χ0v) is 11.0. The van der Waals surface area contributed by atoms with Gasteiger partial charge in [-0.15, -0.1) is 0 Å². The molecule has 0 atom stereocenters. The van der Waals surface area contributed by atoms with E-state index in [-0.39, 0.29) is 11.2 Å². The summed E-state index contributed by atoms with van der Waals surface area (Å²) in [6.07, 6.45) is 0.989. The van der Waals surface area contributed by atoms with Crippen LogP contribution in [0.15, 0.2) is 18.3 Å². The molecule has 0 fully saturated rings. The lowest BCUT2D eigenvalue weighted by Gasteiger charge is -2.11. The fourth-order valence-electron chi connectivity index (χ4n) is 1.61. The Kier molecular flexibility index (Phi) is 3.48. The summed E-state index contributed by atoms with van der Waals surface area (Å²) in [6.45, 7) is 5.83. The highest BCUT2D eigenvalue weighted by atomic mass is 35.5. The normalized spacial score (nSPS) is 10.5. The summed E-state index contributed by atoms with van der Waals surface area (Å²) >= 11 is 5.62. The molecule has 0 N–H and O–H groups in total. The summed E-state index contributed by atoms with van der Waals surface area (Å²) < 4.78 is 19.0. The fraction of sp³-hybridized carbons (Fsp3) is 0.231. The van der Waals surface area contributed by atoms with E-state index in [2.05, 4.69) is 9.97 Å². The van der Waals surface area contributed by atoms with Crippen LogP contribution in [-0.2, 0) is 0 Å². The Morgan fingerprint density at radius 1 is 1.22 bits per heavy atom. The van der Waals surface area contributed by atoms with Crippen molar-refractivity contribution < 1.29 is 9.13 Å². The quantitative estimate of drug-likeness (QED) is 0.771. The van der Waals surface area contributed by atoms with Crippen LogP contribution in [-0.4, -0.2) is 9.97 Å². The van der Waals surface area contributed by atoms with E-state index >= 15 is 0 Å². The van der Waals surface area contributed by atoms with E-state index in [4.69, 9.17) is 16.3 Å². The molecule has 5 heteroatoms. The van der Waals surface area contributed by atoms with E-state index in [0.29, 0.717) is 5.75 Å². The Hall–Kier alpha value is -1.68. The van der Waals surface area contributed by atoms with Crippen LogP contribution in [0, 0.1) is 26.6 Å². The Morgan fingerprint density at radius 2 is 1.94 bits per heavy atom. The first kappa shape index (κ1) is 12.8.